The molecule has 1 aromatic heterocycles. The van der Waals surface area contributed by atoms with Crippen LogP contribution in [0.25, 0.3) is 11.5 Å². The SMILES string of the molecule is Fc1cccc(F)c1-c1nc(COc2ccc(Oc3ccc(C(F)(F)F)cc3)cc2)no1. The van der Waals surface area contributed by atoms with Gasteiger partial charge >= 0.3 is 6.18 Å². The van der Waals surface area contributed by atoms with Crippen LogP contribution in [0, 0.1) is 11.6 Å². The second-order valence-corrected chi connectivity index (χ2v) is 6.50. The van der Waals surface area contributed by atoms with Crippen LogP contribution in [-0.4, -0.2) is 10.1 Å². The van der Waals surface area contributed by atoms with Crippen molar-refractivity contribution in [2.75, 3.05) is 0 Å². The molecule has 4 rings (SSSR count). The Kier molecular flexibility index (Phi) is 5.76. The first kappa shape index (κ1) is 21.3. The number of rotatable bonds is 6. The number of alkyl halides is 3. The van der Waals surface area contributed by atoms with Gasteiger partial charge in [0.1, 0.15) is 34.4 Å². The van der Waals surface area contributed by atoms with E-state index in [9.17, 15) is 22.0 Å². The van der Waals surface area contributed by atoms with Crippen molar-refractivity contribution >= 4 is 0 Å². The third-order valence-electron chi connectivity index (χ3n) is 4.25. The molecule has 0 bridgehead atoms. The van der Waals surface area contributed by atoms with Crippen LogP contribution in [0.4, 0.5) is 22.0 Å². The molecule has 0 aliphatic carbocycles. The van der Waals surface area contributed by atoms with Gasteiger partial charge in [-0.1, -0.05) is 11.2 Å². The Morgan fingerprint density at radius 2 is 1.34 bits per heavy atom. The molecule has 0 unspecified atom stereocenters. The third kappa shape index (κ3) is 4.85. The number of hydrogen-bond donors (Lipinski definition) is 0. The molecule has 10 heteroatoms. The van der Waals surface area contributed by atoms with Crippen molar-refractivity contribution in [2.45, 2.75) is 12.8 Å². The first-order chi connectivity index (χ1) is 15.3. The number of halogens is 5. The van der Waals surface area contributed by atoms with Gasteiger partial charge in [0.05, 0.1) is 5.56 Å². The maximum Gasteiger partial charge on any atom is 0.416 e. The Morgan fingerprint density at radius 1 is 0.781 bits per heavy atom. The van der Waals surface area contributed by atoms with Gasteiger partial charge in [-0.2, -0.15) is 18.2 Å². The van der Waals surface area contributed by atoms with Gasteiger partial charge in [0.2, 0.25) is 5.82 Å². The van der Waals surface area contributed by atoms with Crippen molar-refractivity contribution in [3.05, 3.63) is 89.8 Å². The summed E-state index contributed by atoms with van der Waals surface area (Å²) in [6.45, 7) is -0.126. The molecule has 0 aliphatic heterocycles. The lowest BCUT2D eigenvalue weighted by molar-refractivity contribution is -0.137. The smallest absolute Gasteiger partial charge is 0.416 e. The highest BCUT2D eigenvalue weighted by Gasteiger charge is 2.30. The standard InChI is InChI=1S/C22H13F5N2O3/c23-17-2-1-3-18(24)20(17)21-28-19(29-32-21)12-30-14-8-10-16(11-9-14)31-15-6-4-13(5-7-15)22(25,26)27/h1-11H,12H2. The van der Waals surface area contributed by atoms with E-state index in [2.05, 4.69) is 10.1 Å². The second kappa shape index (κ2) is 8.66. The molecule has 3 aromatic carbocycles. The summed E-state index contributed by atoms with van der Waals surface area (Å²) in [7, 11) is 0. The van der Waals surface area contributed by atoms with Gasteiger partial charge in [-0.15, -0.1) is 0 Å². The van der Waals surface area contributed by atoms with Gasteiger partial charge in [0.15, 0.2) is 6.61 Å². The number of benzene rings is 3. The number of hydrogen-bond acceptors (Lipinski definition) is 5. The highest BCUT2D eigenvalue weighted by atomic mass is 19.4. The van der Waals surface area contributed by atoms with Crippen LogP contribution in [-0.2, 0) is 12.8 Å². The van der Waals surface area contributed by atoms with E-state index >= 15 is 0 Å². The van der Waals surface area contributed by atoms with Crippen molar-refractivity contribution in [1.82, 2.24) is 10.1 Å². The zero-order chi connectivity index (χ0) is 22.7. The molecule has 5 nitrogen and oxygen atoms in total. The molecule has 0 saturated carbocycles. The molecule has 0 fully saturated rings. The van der Waals surface area contributed by atoms with Crippen LogP contribution in [0.5, 0.6) is 17.2 Å². The van der Waals surface area contributed by atoms with Crippen molar-refractivity contribution in [1.29, 1.82) is 0 Å². The maximum absolute atomic E-state index is 13.8. The Bertz CT molecular complexity index is 1190. The Balaban J connectivity index is 1.36. The molecule has 0 amide bonds. The molecule has 32 heavy (non-hydrogen) atoms. The molecular weight excluding hydrogens is 435 g/mol. The fourth-order valence-corrected chi connectivity index (χ4v) is 2.72. The summed E-state index contributed by atoms with van der Waals surface area (Å²) in [5, 5.41) is 3.64. The molecule has 0 N–H and O–H groups in total. The van der Waals surface area contributed by atoms with Gasteiger partial charge < -0.3 is 14.0 Å². The van der Waals surface area contributed by atoms with Crippen molar-refractivity contribution in [2.24, 2.45) is 0 Å². The van der Waals surface area contributed by atoms with Gasteiger partial charge in [0.25, 0.3) is 5.89 Å². The minimum absolute atomic E-state index is 0.0766. The molecule has 164 valence electrons. The normalized spacial score (nSPS) is 11.4. The number of nitrogens with zero attached hydrogens (tertiary/aromatic N) is 2. The van der Waals surface area contributed by atoms with Crippen LogP contribution < -0.4 is 9.47 Å². The average Bonchev–Trinajstić information content (AvgIpc) is 3.21. The van der Waals surface area contributed by atoms with E-state index < -0.39 is 28.9 Å². The topological polar surface area (TPSA) is 57.4 Å². The molecular formula is C22H13F5N2O3. The fourth-order valence-electron chi connectivity index (χ4n) is 2.72. The van der Waals surface area contributed by atoms with E-state index in [-0.39, 0.29) is 24.1 Å². The molecule has 0 aliphatic rings. The lowest BCUT2D eigenvalue weighted by Gasteiger charge is -2.09. The largest absolute Gasteiger partial charge is 0.485 e. The van der Waals surface area contributed by atoms with Gasteiger partial charge in [0, 0.05) is 0 Å². The third-order valence-corrected chi connectivity index (χ3v) is 4.25. The van der Waals surface area contributed by atoms with E-state index in [1.165, 1.54) is 18.2 Å². The fraction of sp³-hybridized carbons (Fsp3) is 0.0909. The molecule has 1 heterocycles. The highest BCUT2D eigenvalue weighted by molar-refractivity contribution is 5.54. The van der Waals surface area contributed by atoms with Crippen molar-refractivity contribution < 1.29 is 35.9 Å². The monoisotopic (exact) mass is 448 g/mol. The zero-order valence-corrected chi connectivity index (χ0v) is 16.1. The van der Waals surface area contributed by atoms with Gasteiger partial charge in [-0.3, -0.25) is 0 Å². The average molecular weight is 448 g/mol. The summed E-state index contributed by atoms with van der Waals surface area (Å²) >= 11 is 0. The summed E-state index contributed by atoms with van der Waals surface area (Å²) in [6, 6.07) is 13.9. The van der Waals surface area contributed by atoms with E-state index in [1.807, 2.05) is 0 Å². The number of aromatic nitrogens is 2. The van der Waals surface area contributed by atoms with Crippen molar-refractivity contribution in [3.8, 4) is 28.7 Å². The lowest BCUT2D eigenvalue weighted by atomic mass is 10.2. The van der Waals surface area contributed by atoms with Gasteiger partial charge in [-0.25, -0.2) is 8.78 Å². The van der Waals surface area contributed by atoms with Crippen LogP contribution >= 0.6 is 0 Å². The Labute approximate surface area is 178 Å². The van der Waals surface area contributed by atoms with E-state index in [0.717, 1.165) is 24.3 Å². The lowest BCUT2D eigenvalue weighted by Crippen LogP contribution is -2.03. The van der Waals surface area contributed by atoms with Crippen LogP contribution in [0.15, 0.2) is 71.3 Å². The summed E-state index contributed by atoms with van der Waals surface area (Å²) in [4.78, 5) is 3.93. The summed E-state index contributed by atoms with van der Waals surface area (Å²) in [5.74, 6) is -0.852. The Hall–Kier alpha value is -3.95. The highest BCUT2D eigenvalue weighted by Crippen LogP contribution is 2.32. The van der Waals surface area contributed by atoms with Gasteiger partial charge in [-0.05, 0) is 60.7 Å². The minimum Gasteiger partial charge on any atom is -0.485 e. The molecule has 4 aromatic rings. The Morgan fingerprint density at radius 3 is 1.94 bits per heavy atom. The predicted octanol–water partition coefficient (Wildman–Crippen LogP) is 6.40. The molecule has 0 atom stereocenters. The minimum atomic E-state index is -4.42. The second-order valence-electron chi connectivity index (χ2n) is 6.50. The first-order valence-corrected chi connectivity index (χ1v) is 9.14. The summed E-state index contributed by atoms with van der Waals surface area (Å²) in [5.41, 5.74) is -1.19. The molecule has 0 radical (unpaired) electrons. The van der Waals surface area contributed by atoms with Crippen molar-refractivity contribution in [3.63, 3.8) is 0 Å². The quantitative estimate of drug-likeness (QED) is 0.319. The van der Waals surface area contributed by atoms with Crippen LogP contribution in [0.3, 0.4) is 0 Å². The molecule has 0 spiro atoms. The maximum atomic E-state index is 13.8. The van der Waals surface area contributed by atoms with Crippen LogP contribution in [0.2, 0.25) is 0 Å². The van der Waals surface area contributed by atoms with E-state index in [4.69, 9.17) is 14.0 Å². The van der Waals surface area contributed by atoms with Crippen LogP contribution in [0.1, 0.15) is 11.4 Å². The summed E-state index contributed by atoms with van der Waals surface area (Å²) in [6.07, 6.45) is -4.42. The molecule has 0 saturated heterocycles. The zero-order valence-electron chi connectivity index (χ0n) is 16.1. The number of ether oxygens (including phenoxy) is 2. The van der Waals surface area contributed by atoms with E-state index in [1.54, 1.807) is 24.3 Å². The van der Waals surface area contributed by atoms with E-state index in [0.29, 0.717) is 11.5 Å². The summed E-state index contributed by atoms with van der Waals surface area (Å²) < 4.78 is 81.3. The first-order valence-electron chi connectivity index (χ1n) is 9.14. The predicted molar refractivity (Wildman–Crippen MR) is 102 cm³/mol.